The molecule has 0 atom stereocenters. The summed E-state index contributed by atoms with van der Waals surface area (Å²) in [4.78, 5) is 6.36. The van der Waals surface area contributed by atoms with Gasteiger partial charge >= 0.3 is 0 Å². The van der Waals surface area contributed by atoms with Gasteiger partial charge in [-0.1, -0.05) is 22.8 Å². The van der Waals surface area contributed by atoms with Crippen LogP contribution < -0.4 is 4.74 Å². The van der Waals surface area contributed by atoms with Crippen LogP contribution in [0.3, 0.4) is 0 Å². The van der Waals surface area contributed by atoms with Crippen molar-refractivity contribution in [3.8, 4) is 17.1 Å². The maximum Gasteiger partial charge on any atom is 0.241 e. The Morgan fingerprint density at radius 1 is 1.20 bits per heavy atom. The zero-order chi connectivity index (χ0) is 17.6. The molecule has 0 saturated carbocycles. The Balaban J connectivity index is 1.49. The Morgan fingerprint density at radius 3 is 2.76 bits per heavy atom. The second-order valence-electron chi connectivity index (χ2n) is 5.56. The first-order valence-corrected chi connectivity index (χ1v) is 8.13. The van der Waals surface area contributed by atoms with E-state index in [1.165, 1.54) is 12.1 Å². The molecule has 3 rings (SSSR count). The number of hydrogen-bond donors (Lipinski definition) is 0. The molecule has 0 fully saturated rings. The summed E-state index contributed by atoms with van der Waals surface area (Å²) >= 11 is 5.87. The molecule has 0 amide bonds. The van der Waals surface area contributed by atoms with Gasteiger partial charge in [-0.15, -0.1) is 0 Å². The van der Waals surface area contributed by atoms with Gasteiger partial charge < -0.3 is 9.26 Å². The monoisotopic (exact) mass is 361 g/mol. The van der Waals surface area contributed by atoms with Crippen molar-refractivity contribution in [3.63, 3.8) is 0 Å². The van der Waals surface area contributed by atoms with E-state index in [2.05, 4.69) is 10.1 Å². The lowest BCUT2D eigenvalue weighted by atomic mass is 10.2. The fraction of sp³-hybridized carbons (Fsp3) is 0.222. The number of aromatic nitrogens is 2. The lowest BCUT2D eigenvalue weighted by molar-refractivity contribution is 0.212. The van der Waals surface area contributed by atoms with Crippen LogP contribution in [0.5, 0.6) is 5.75 Å². The summed E-state index contributed by atoms with van der Waals surface area (Å²) in [6.07, 6.45) is 0. The molecule has 1 heterocycles. The van der Waals surface area contributed by atoms with E-state index < -0.39 is 0 Å². The average molecular weight is 362 g/mol. The first kappa shape index (κ1) is 17.4. The molecule has 25 heavy (non-hydrogen) atoms. The minimum atomic E-state index is -0.313. The highest BCUT2D eigenvalue weighted by Crippen LogP contribution is 2.19. The molecule has 0 unspecified atom stereocenters. The van der Waals surface area contributed by atoms with Crippen molar-refractivity contribution < 1.29 is 13.7 Å². The molecule has 0 radical (unpaired) electrons. The van der Waals surface area contributed by atoms with Crippen LogP contribution >= 0.6 is 11.6 Å². The van der Waals surface area contributed by atoms with Gasteiger partial charge in [-0.2, -0.15) is 4.98 Å². The fourth-order valence-corrected chi connectivity index (χ4v) is 2.35. The van der Waals surface area contributed by atoms with Crippen molar-refractivity contribution in [1.82, 2.24) is 15.0 Å². The third kappa shape index (κ3) is 5.01. The quantitative estimate of drug-likeness (QED) is 0.635. The summed E-state index contributed by atoms with van der Waals surface area (Å²) in [7, 11) is 1.92. The lowest BCUT2D eigenvalue weighted by Gasteiger charge is -2.14. The van der Waals surface area contributed by atoms with E-state index in [0.29, 0.717) is 42.2 Å². The Kier molecular flexibility index (Phi) is 5.63. The normalized spacial score (nSPS) is 11.0. The van der Waals surface area contributed by atoms with Gasteiger partial charge in [0.05, 0.1) is 6.54 Å². The van der Waals surface area contributed by atoms with Gasteiger partial charge in [0.25, 0.3) is 0 Å². The van der Waals surface area contributed by atoms with Crippen LogP contribution in [0.15, 0.2) is 53.1 Å². The predicted molar refractivity (Wildman–Crippen MR) is 93.0 cm³/mol. The van der Waals surface area contributed by atoms with Gasteiger partial charge in [0.2, 0.25) is 11.7 Å². The molecular weight excluding hydrogens is 345 g/mol. The molecule has 3 aromatic rings. The molecule has 2 aromatic carbocycles. The highest BCUT2D eigenvalue weighted by atomic mass is 35.5. The molecule has 0 aliphatic carbocycles. The van der Waals surface area contributed by atoms with Gasteiger partial charge in [-0.05, 0) is 43.4 Å². The Bertz CT molecular complexity index is 823. The maximum absolute atomic E-state index is 13.1. The molecule has 1 aromatic heterocycles. The second kappa shape index (κ2) is 8.09. The molecule has 0 bridgehead atoms. The zero-order valence-electron chi connectivity index (χ0n) is 13.7. The summed E-state index contributed by atoms with van der Waals surface area (Å²) in [5.41, 5.74) is 0.844. The highest BCUT2D eigenvalue weighted by Gasteiger charge is 2.11. The van der Waals surface area contributed by atoms with E-state index in [1.807, 2.05) is 24.1 Å². The standard InChI is InChI=1S/C18H17ClFN3O2/c1-23(9-10-24-16-4-2-3-15(20)11-16)12-17-21-18(22-25-17)13-5-7-14(19)8-6-13/h2-8,11H,9-10,12H2,1H3. The SMILES string of the molecule is CN(CCOc1cccc(F)c1)Cc1nc(-c2ccc(Cl)cc2)no1. The fourth-order valence-electron chi connectivity index (χ4n) is 2.22. The number of likely N-dealkylation sites (N-methyl/N-ethyl adjacent to an activating group) is 1. The molecule has 0 aliphatic heterocycles. The van der Waals surface area contributed by atoms with Crippen molar-refractivity contribution in [2.75, 3.05) is 20.2 Å². The zero-order valence-corrected chi connectivity index (χ0v) is 14.4. The van der Waals surface area contributed by atoms with Crippen molar-refractivity contribution in [1.29, 1.82) is 0 Å². The van der Waals surface area contributed by atoms with Gasteiger partial charge in [-0.25, -0.2) is 4.39 Å². The first-order valence-electron chi connectivity index (χ1n) is 7.75. The minimum Gasteiger partial charge on any atom is -0.492 e. The number of ether oxygens (including phenoxy) is 1. The Labute approximate surface area is 150 Å². The Hall–Kier alpha value is -2.44. The molecule has 0 saturated heterocycles. The number of halogens is 2. The van der Waals surface area contributed by atoms with E-state index in [-0.39, 0.29) is 5.82 Å². The summed E-state index contributed by atoms with van der Waals surface area (Å²) in [6, 6.07) is 13.3. The Morgan fingerprint density at radius 2 is 2.00 bits per heavy atom. The summed E-state index contributed by atoms with van der Waals surface area (Å²) in [5, 5.41) is 4.64. The first-order chi connectivity index (χ1) is 12.1. The van der Waals surface area contributed by atoms with E-state index in [4.69, 9.17) is 20.9 Å². The number of hydrogen-bond acceptors (Lipinski definition) is 5. The summed E-state index contributed by atoms with van der Waals surface area (Å²) in [6.45, 7) is 1.56. The van der Waals surface area contributed by atoms with Gasteiger partial charge in [0.15, 0.2) is 0 Å². The van der Waals surface area contributed by atoms with Crippen molar-refractivity contribution >= 4 is 11.6 Å². The predicted octanol–water partition coefficient (Wildman–Crippen LogP) is 4.04. The van der Waals surface area contributed by atoms with E-state index in [0.717, 1.165) is 5.56 Å². The molecule has 5 nitrogen and oxygen atoms in total. The minimum absolute atomic E-state index is 0.313. The van der Waals surface area contributed by atoms with Gasteiger partial charge in [-0.3, -0.25) is 4.90 Å². The average Bonchev–Trinajstić information content (AvgIpc) is 3.04. The van der Waals surface area contributed by atoms with E-state index >= 15 is 0 Å². The van der Waals surface area contributed by atoms with Crippen molar-refractivity contribution in [2.45, 2.75) is 6.54 Å². The molecule has 130 valence electrons. The number of benzene rings is 2. The third-order valence-corrected chi connectivity index (χ3v) is 3.77. The molecular formula is C18H17ClFN3O2. The summed E-state index contributed by atoms with van der Waals surface area (Å²) < 4.78 is 23.9. The molecule has 0 spiro atoms. The van der Waals surface area contributed by atoms with Crippen molar-refractivity contribution in [3.05, 3.63) is 65.3 Å². The van der Waals surface area contributed by atoms with Gasteiger partial charge in [0.1, 0.15) is 18.2 Å². The maximum atomic E-state index is 13.1. The smallest absolute Gasteiger partial charge is 0.241 e. The number of nitrogens with zero attached hydrogens (tertiary/aromatic N) is 3. The lowest BCUT2D eigenvalue weighted by Crippen LogP contribution is -2.24. The van der Waals surface area contributed by atoms with Crippen LogP contribution in [-0.2, 0) is 6.54 Å². The topological polar surface area (TPSA) is 51.4 Å². The van der Waals surface area contributed by atoms with Crippen LogP contribution in [-0.4, -0.2) is 35.2 Å². The van der Waals surface area contributed by atoms with Crippen LogP contribution in [0, 0.1) is 5.82 Å². The van der Waals surface area contributed by atoms with E-state index in [9.17, 15) is 4.39 Å². The largest absolute Gasteiger partial charge is 0.492 e. The van der Waals surface area contributed by atoms with Crippen LogP contribution in [0.2, 0.25) is 5.02 Å². The van der Waals surface area contributed by atoms with Crippen molar-refractivity contribution in [2.24, 2.45) is 0 Å². The molecule has 0 N–H and O–H groups in total. The van der Waals surface area contributed by atoms with Crippen LogP contribution in [0.25, 0.3) is 11.4 Å². The van der Waals surface area contributed by atoms with Gasteiger partial charge in [0, 0.05) is 23.2 Å². The van der Waals surface area contributed by atoms with Crippen LogP contribution in [0.1, 0.15) is 5.89 Å². The summed E-state index contributed by atoms with van der Waals surface area (Å²) in [5.74, 6) is 1.23. The molecule has 0 aliphatic rings. The van der Waals surface area contributed by atoms with E-state index in [1.54, 1.807) is 24.3 Å². The highest BCUT2D eigenvalue weighted by molar-refractivity contribution is 6.30. The number of rotatable bonds is 7. The third-order valence-electron chi connectivity index (χ3n) is 3.51. The second-order valence-corrected chi connectivity index (χ2v) is 6.00. The van der Waals surface area contributed by atoms with Crippen LogP contribution in [0.4, 0.5) is 4.39 Å². The molecule has 7 heteroatoms.